The van der Waals surface area contributed by atoms with Gasteiger partial charge >= 0.3 is 0 Å². The minimum atomic E-state index is -0.398. The zero-order valence-corrected chi connectivity index (χ0v) is 11.8. The highest BCUT2D eigenvalue weighted by atomic mass is 35.5. The Morgan fingerprint density at radius 1 is 1.10 bits per heavy atom. The molecular weight excluding hydrogens is 291 g/mol. The van der Waals surface area contributed by atoms with Gasteiger partial charge in [-0.05, 0) is 18.2 Å². The lowest BCUT2D eigenvalue weighted by molar-refractivity contribution is 0.390. The Morgan fingerprint density at radius 2 is 1.90 bits per heavy atom. The minimum Gasteiger partial charge on any atom is -0.375 e. The van der Waals surface area contributed by atoms with E-state index in [0.717, 1.165) is 11.3 Å². The molecule has 0 bridgehead atoms. The summed E-state index contributed by atoms with van der Waals surface area (Å²) >= 11 is 5.71. The first kappa shape index (κ1) is 13.6. The number of halogens is 2. The Morgan fingerprint density at radius 3 is 2.67 bits per heavy atom. The Hall–Kier alpha value is -2.33. The molecular formula is C16H12ClFN2O. The van der Waals surface area contributed by atoms with Gasteiger partial charge in [0.15, 0.2) is 5.76 Å². The summed E-state index contributed by atoms with van der Waals surface area (Å²) in [6.07, 6.45) is 0. The van der Waals surface area contributed by atoms with E-state index in [9.17, 15) is 4.39 Å². The van der Waals surface area contributed by atoms with Crippen molar-refractivity contribution in [2.75, 3.05) is 5.32 Å². The van der Waals surface area contributed by atoms with E-state index in [4.69, 9.17) is 16.1 Å². The predicted molar refractivity (Wildman–Crippen MR) is 80.7 cm³/mol. The summed E-state index contributed by atoms with van der Waals surface area (Å²) in [5.74, 6) is 0.230. The Kier molecular flexibility index (Phi) is 3.88. The predicted octanol–water partition coefficient (Wildman–Crippen LogP) is 4.75. The fourth-order valence-electron chi connectivity index (χ4n) is 1.96. The van der Waals surface area contributed by atoms with E-state index in [-0.39, 0.29) is 0 Å². The average molecular weight is 303 g/mol. The van der Waals surface area contributed by atoms with Crippen molar-refractivity contribution in [3.05, 3.63) is 71.2 Å². The second kappa shape index (κ2) is 5.97. The summed E-state index contributed by atoms with van der Waals surface area (Å²) in [6, 6.07) is 16.0. The number of hydrogen-bond acceptors (Lipinski definition) is 3. The molecule has 3 rings (SSSR count). The lowest BCUT2D eigenvalue weighted by Crippen LogP contribution is -2.00. The maximum atomic E-state index is 13.6. The molecule has 5 heteroatoms. The van der Waals surface area contributed by atoms with Crippen molar-refractivity contribution in [3.8, 4) is 11.3 Å². The van der Waals surface area contributed by atoms with Gasteiger partial charge in [-0.15, -0.1) is 0 Å². The number of rotatable bonds is 4. The summed E-state index contributed by atoms with van der Waals surface area (Å²) in [7, 11) is 0. The zero-order chi connectivity index (χ0) is 14.7. The fourth-order valence-corrected chi connectivity index (χ4v) is 2.12. The van der Waals surface area contributed by atoms with Crippen molar-refractivity contribution < 1.29 is 8.91 Å². The van der Waals surface area contributed by atoms with Crippen LogP contribution in [0.5, 0.6) is 0 Å². The third kappa shape index (κ3) is 3.23. The molecule has 21 heavy (non-hydrogen) atoms. The maximum absolute atomic E-state index is 13.6. The third-order valence-corrected chi connectivity index (χ3v) is 3.25. The van der Waals surface area contributed by atoms with Crippen LogP contribution in [0.1, 0.15) is 5.76 Å². The van der Waals surface area contributed by atoms with Gasteiger partial charge in [0.05, 0.1) is 12.2 Å². The standard InChI is InChI=1S/C16H12ClFN2O/c17-12-6-7-15(14(18)8-12)19-10-13-9-16(20-21-13)11-4-2-1-3-5-11/h1-9,19H,10H2. The van der Waals surface area contributed by atoms with Crippen LogP contribution in [-0.4, -0.2) is 5.16 Å². The molecule has 2 aromatic carbocycles. The quantitative estimate of drug-likeness (QED) is 0.756. The lowest BCUT2D eigenvalue weighted by Gasteiger charge is -2.05. The lowest BCUT2D eigenvalue weighted by atomic mass is 10.1. The van der Waals surface area contributed by atoms with Gasteiger partial charge in [0.1, 0.15) is 11.5 Å². The zero-order valence-electron chi connectivity index (χ0n) is 11.0. The van der Waals surface area contributed by atoms with Crippen molar-refractivity contribution >= 4 is 17.3 Å². The number of benzene rings is 2. The average Bonchev–Trinajstić information content (AvgIpc) is 2.96. The monoisotopic (exact) mass is 302 g/mol. The summed E-state index contributed by atoms with van der Waals surface area (Å²) in [5.41, 5.74) is 2.10. The maximum Gasteiger partial charge on any atom is 0.156 e. The first-order valence-corrected chi connectivity index (χ1v) is 6.80. The van der Waals surface area contributed by atoms with E-state index < -0.39 is 5.82 Å². The highest BCUT2D eigenvalue weighted by Crippen LogP contribution is 2.21. The van der Waals surface area contributed by atoms with Crippen molar-refractivity contribution in [2.24, 2.45) is 0 Å². The molecule has 0 amide bonds. The normalized spacial score (nSPS) is 10.6. The number of anilines is 1. The summed E-state index contributed by atoms with van der Waals surface area (Å²) < 4.78 is 18.9. The number of nitrogens with zero attached hydrogens (tertiary/aromatic N) is 1. The molecule has 0 spiro atoms. The smallest absolute Gasteiger partial charge is 0.156 e. The van der Waals surface area contributed by atoms with E-state index in [1.807, 2.05) is 36.4 Å². The van der Waals surface area contributed by atoms with Crippen LogP contribution in [0.3, 0.4) is 0 Å². The van der Waals surface area contributed by atoms with Gasteiger partial charge in [-0.3, -0.25) is 0 Å². The largest absolute Gasteiger partial charge is 0.375 e. The molecule has 1 N–H and O–H groups in total. The van der Waals surface area contributed by atoms with Gasteiger partial charge in [-0.25, -0.2) is 4.39 Å². The van der Waals surface area contributed by atoms with Gasteiger partial charge in [0.2, 0.25) is 0 Å². The van der Waals surface area contributed by atoms with Gasteiger partial charge < -0.3 is 9.84 Å². The Bertz CT molecular complexity index is 743. The molecule has 3 nitrogen and oxygen atoms in total. The molecule has 106 valence electrons. The molecule has 0 unspecified atom stereocenters. The molecule has 0 aliphatic carbocycles. The molecule has 0 fully saturated rings. The van der Waals surface area contributed by atoms with Crippen LogP contribution < -0.4 is 5.32 Å². The van der Waals surface area contributed by atoms with Crippen LogP contribution in [0.4, 0.5) is 10.1 Å². The third-order valence-electron chi connectivity index (χ3n) is 3.01. The molecule has 0 saturated carbocycles. The Labute approximate surface area is 126 Å². The minimum absolute atomic E-state index is 0.346. The second-order valence-corrected chi connectivity index (χ2v) is 4.96. The van der Waals surface area contributed by atoms with Crippen molar-refractivity contribution in [3.63, 3.8) is 0 Å². The van der Waals surface area contributed by atoms with Gasteiger partial charge in [-0.1, -0.05) is 47.1 Å². The van der Waals surface area contributed by atoms with Crippen LogP contribution in [0.2, 0.25) is 5.02 Å². The highest BCUT2D eigenvalue weighted by Gasteiger charge is 2.07. The first-order chi connectivity index (χ1) is 10.2. The van der Waals surface area contributed by atoms with E-state index in [1.54, 1.807) is 12.1 Å². The molecule has 3 aromatic rings. The van der Waals surface area contributed by atoms with Crippen LogP contribution in [0, 0.1) is 5.82 Å². The second-order valence-electron chi connectivity index (χ2n) is 4.52. The molecule has 0 saturated heterocycles. The summed E-state index contributed by atoms with van der Waals surface area (Å²) in [5, 5.41) is 7.32. The van der Waals surface area contributed by atoms with Crippen LogP contribution in [0.15, 0.2) is 59.1 Å². The van der Waals surface area contributed by atoms with E-state index in [1.165, 1.54) is 6.07 Å². The van der Waals surface area contributed by atoms with Gasteiger partial charge in [0.25, 0.3) is 0 Å². The van der Waals surface area contributed by atoms with E-state index in [0.29, 0.717) is 23.0 Å². The van der Waals surface area contributed by atoms with Crippen molar-refractivity contribution in [2.45, 2.75) is 6.54 Å². The SMILES string of the molecule is Fc1cc(Cl)ccc1NCc1cc(-c2ccccc2)no1. The van der Waals surface area contributed by atoms with Gasteiger partial charge in [-0.2, -0.15) is 0 Å². The number of nitrogens with one attached hydrogen (secondary N) is 1. The van der Waals surface area contributed by atoms with Crippen LogP contribution in [0.25, 0.3) is 11.3 Å². The van der Waals surface area contributed by atoms with E-state index >= 15 is 0 Å². The van der Waals surface area contributed by atoms with Crippen LogP contribution in [-0.2, 0) is 6.54 Å². The highest BCUT2D eigenvalue weighted by molar-refractivity contribution is 6.30. The molecule has 0 aliphatic heterocycles. The van der Waals surface area contributed by atoms with Crippen LogP contribution >= 0.6 is 11.6 Å². The molecule has 1 heterocycles. The molecule has 1 aromatic heterocycles. The van der Waals surface area contributed by atoms with Crippen molar-refractivity contribution in [1.82, 2.24) is 5.16 Å². The number of aromatic nitrogens is 1. The summed E-state index contributed by atoms with van der Waals surface area (Å²) in [6.45, 7) is 0.346. The molecule has 0 atom stereocenters. The molecule has 0 radical (unpaired) electrons. The van der Waals surface area contributed by atoms with E-state index in [2.05, 4.69) is 10.5 Å². The Balaban J connectivity index is 1.70. The first-order valence-electron chi connectivity index (χ1n) is 6.42. The van der Waals surface area contributed by atoms with Gasteiger partial charge in [0, 0.05) is 16.7 Å². The topological polar surface area (TPSA) is 38.1 Å². The van der Waals surface area contributed by atoms with Crippen molar-refractivity contribution in [1.29, 1.82) is 0 Å². The summed E-state index contributed by atoms with van der Waals surface area (Å²) in [4.78, 5) is 0. The fraction of sp³-hybridized carbons (Fsp3) is 0.0625. The molecule has 0 aliphatic rings. The number of hydrogen-bond donors (Lipinski definition) is 1.